The Balaban J connectivity index is 1.45. The third kappa shape index (κ3) is 5.72. The van der Waals surface area contributed by atoms with E-state index in [1.54, 1.807) is 42.8 Å². The van der Waals surface area contributed by atoms with Crippen LogP contribution in [-0.2, 0) is 19.4 Å². The lowest BCUT2D eigenvalue weighted by atomic mass is 9.72. The van der Waals surface area contributed by atoms with Crippen LogP contribution in [0.3, 0.4) is 0 Å². The first kappa shape index (κ1) is 27.4. The number of benzene rings is 1. The average molecular weight is 562 g/mol. The van der Waals surface area contributed by atoms with Gasteiger partial charge in [0.15, 0.2) is 0 Å². The van der Waals surface area contributed by atoms with Crippen LogP contribution in [0.2, 0.25) is 0 Å². The van der Waals surface area contributed by atoms with E-state index in [1.165, 1.54) is 29.4 Å². The van der Waals surface area contributed by atoms with E-state index < -0.39 is 4.92 Å². The van der Waals surface area contributed by atoms with E-state index in [2.05, 4.69) is 31.1 Å². The highest BCUT2D eigenvalue weighted by molar-refractivity contribution is 7.16. The van der Waals surface area contributed by atoms with Gasteiger partial charge in [-0.1, -0.05) is 20.8 Å². The molecule has 1 N–H and O–H groups in total. The lowest BCUT2D eigenvalue weighted by Gasteiger charge is -2.33. The number of aliphatic imine (C=N–C) groups is 1. The molecule has 0 aliphatic heterocycles. The molecule has 5 rings (SSSR count). The van der Waals surface area contributed by atoms with E-state index >= 15 is 0 Å². The van der Waals surface area contributed by atoms with Gasteiger partial charge in [0.25, 0.3) is 11.6 Å². The van der Waals surface area contributed by atoms with Crippen molar-refractivity contribution in [2.75, 3.05) is 7.11 Å². The van der Waals surface area contributed by atoms with E-state index in [1.807, 2.05) is 6.07 Å². The number of amides is 1. The van der Waals surface area contributed by atoms with Gasteiger partial charge in [-0.25, -0.2) is 4.99 Å². The number of nitrogens with zero attached hydrogens (tertiary/aromatic N) is 2. The van der Waals surface area contributed by atoms with E-state index in [0.717, 1.165) is 24.8 Å². The summed E-state index contributed by atoms with van der Waals surface area (Å²) in [6.45, 7) is 7.06. The fraction of sp³-hybridized carbons (Fsp3) is 0.333. The van der Waals surface area contributed by atoms with E-state index in [9.17, 15) is 14.9 Å². The summed E-state index contributed by atoms with van der Waals surface area (Å²) in [6, 6.07) is 11.6. The molecule has 0 bridgehead atoms. The Hall–Kier alpha value is -4.18. The molecule has 0 saturated heterocycles. The molecule has 3 heterocycles. The number of nitrogens with one attached hydrogen (secondary N) is 1. The monoisotopic (exact) mass is 561 g/mol. The summed E-state index contributed by atoms with van der Waals surface area (Å²) in [6.07, 6.45) is 5.87. The second kappa shape index (κ2) is 11.1. The zero-order valence-electron chi connectivity index (χ0n) is 22.9. The number of hydrogen-bond acceptors (Lipinski definition) is 8. The third-order valence-corrected chi connectivity index (χ3v) is 8.47. The van der Waals surface area contributed by atoms with Gasteiger partial charge < -0.3 is 18.9 Å². The Labute approximate surface area is 236 Å². The Morgan fingerprint density at radius 3 is 2.80 bits per heavy atom. The van der Waals surface area contributed by atoms with Crippen LogP contribution in [0.15, 0.2) is 62.6 Å². The number of nitro benzene ring substituents is 1. The lowest BCUT2D eigenvalue weighted by molar-refractivity contribution is -0.384. The first-order chi connectivity index (χ1) is 19.1. The molecule has 3 aromatic heterocycles. The summed E-state index contributed by atoms with van der Waals surface area (Å²) in [5.41, 5.74) is 2.04. The molecule has 10 heteroatoms. The van der Waals surface area contributed by atoms with Crippen molar-refractivity contribution in [2.24, 2.45) is 16.3 Å². The van der Waals surface area contributed by atoms with Crippen molar-refractivity contribution in [3.63, 3.8) is 0 Å². The van der Waals surface area contributed by atoms with E-state index in [-0.39, 0.29) is 23.6 Å². The zero-order valence-corrected chi connectivity index (χ0v) is 23.7. The molecule has 40 heavy (non-hydrogen) atoms. The molecule has 1 amide bonds. The van der Waals surface area contributed by atoms with Crippen molar-refractivity contribution in [1.82, 2.24) is 5.32 Å². The fourth-order valence-corrected chi connectivity index (χ4v) is 6.26. The Morgan fingerprint density at radius 2 is 2.10 bits per heavy atom. The highest BCUT2D eigenvalue weighted by Gasteiger charge is 2.33. The molecule has 1 aromatic carbocycles. The van der Waals surface area contributed by atoms with Crippen molar-refractivity contribution >= 4 is 34.1 Å². The van der Waals surface area contributed by atoms with Crippen LogP contribution in [0, 0.1) is 21.4 Å². The van der Waals surface area contributed by atoms with Crippen molar-refractivity contribution in [3.05, 3.63) is 86.4 Å². The van der Waals surface area contributed by atoms with Gasteiger partial charge in [0, 0.05) is 4.88 Å². The number of methoxy groups -OCH3 is 1. The zero-order chi connectivity index (χ0) is 28.4. The predicted octanol–water partition coefficient (Wildman–Crippen LogP) is 7.35. The van der Waals surface area contributed by atoms with Crippen molar-refractivity contribution < 1.29 is 23.3 Å². The predicted molar refractivity (Wildman–Crippen MR) is 154 cm³/mol. The maximum absolute atomic E-state index is 13.4. The van der Waals surface area contributed by atoms with Crippen LogP contribution in [0.25, 0.3) is 11.3 Å². The molecule has 0 unspecified atom stereocenters. The number of rotatable bonds is 8. The van der Waals surface area contributed by atoms with Crippen molar-refractivity contribution in [2.45, 2.75) is 46.6 Å². The maximum atomic E-state index is 13.4. The lowest BCUT2D eigenvalue weighted by Crippen LogP contribution is -2.28. The van der Waals surface area contributed by atoms with Crippen LogP contribution < -0.4 is 10.1 Å². The molecule has 1 atom stereocenters. The maximum Gasteiger partial charge on any atom is 0.284 e. The summed E-state index contributed by atoms with van der Waals surface area (Å²) >= 11 is 1.54. The summed E-state index contributed by atoms with van der Waals surface area (Å²) in [5, 5.41) is 15.2. The molecular formula is C30H31N3O6S. The Bertz CT molecular complexity index is 1560. The summed E-state index contributed by atoms with van der Waals surface area (Å²) in [7, 11) is 1.46. The van der Waals surface area contributed by atoms with Crippen LogP contribution in [-0.4, -0.2) is 24.2 Å². The molecule has 4 aromatic rings. The quantitative estimate of drug-likeness (QED) is 0.136. The number of carbonyl (C=O) groups excluding carboxylic acids is 1. The van der Waals surface area contributed by atoms with E-state index in [0.29, 0.717) is 45.1 Å². The number of hydrogen-bond donors (Lipinski definition) is 1. The Morgan fingerprint density at radius 1 is 1.27 bits per heavy atom. The minimum Gasteiger partial charge on any atom is -0.497 e. The average Bonchev–Trinajstić information content (AvgIpc) is 3.69. The number of nitro groups is 1. The smallest absolute Gasteiger partial charge is 0.284 e. The Kier molecular flexibility index (Phi) is 7.62. The second-order valence-electron chi connectivity index (χ2n) is 10.9. The first-order valence-corrected chi connectivity index (χ1v) is 13.9. The van der Waals surface area contributed by atoms with Gasteiger partial charge in [0.05, 0.1) is 48.2 Å². The standard InChI is InChI=1S/C30H31N3O6S/c1-30(2,3)18-7-10-23-26(14-18)40-29(27(23)28(34)31-16-20-6-5-13-38-20)32-17-21-9-12-25(39-21)22-11-8-19(37-4)15-24(22)33(35)36/h5-6,8-9,11-13,15,17-18H,7,10,14,16H2,1-4H3,(H,31,34)/t18-/m0/s1. The molecular weight excluding hydrogens is 530 g/mol. The second-order valence-corrected chi connectivity index (χ2v) is 11.9. The molecule has 0 fully saturated rings. The fourth-order valence-electron chi connectivity index (χ4n) is 4.99. The van der Waals surface area contributed by atoms with Gasteiger partial charge in [-0.3, -0.25) is 14.9 Å². The van der Waals surface area contributed by atoms with E-state index in [4.69, 9.17) is 13.6 Å². The molecule has 0 spiro atoms. The minimum atomic E-state index is -0.469. The highest BCUT2D eigenvalue weighted by Crippen LogP contribution is 2.45. The minimum absolute atomic E-state index is 0.118. The third-order valence-electron chi connectivity index (χ3n) is 7.30. The molecule has 0 saturated carbocycles. The number of fused-ring (bicyclic) bond motifs is 1. The van der Waals surface area contributed by atoms with Gasteiger partial charge in [-0.05, 0) is 72.6 Å². The van der Waals surface area contributed by atoms with Gasteiger partial charge in [0.2, 0.25) is 0 Å². The number of ether oxygens (including phenoxy) is 1. The number of carbonyl (C=O) groups is 1. The summed E-state index contributed by atoms with van der Waals surface area (Å²) in [5.74, 6) is 2.14. The molecule has 0 radical (unpaired) electrons. The summed E-state index contributed by atoms with van der Waals surface area (Å²) < 4.78 is 16.4. The van der Waals surface area contributed by atoms with Gasteiger partial charge in [0.1, 0.15) is 28.0 Å². The van der Waals surface area contributed by atoms with Crippen LogP contribution in [0.1, 0.15) is 59.5 Å². The highest BCUT2D eigenvalue weighted by atomic mass is 32.1. The largest absolute Gasteiger partial charge is 0.497 e. The summed E-state index contributed by atoms with van der Waals surface area (Å²) in [4.78, 5) is 30.4. The van der Waals surface area contributed by atoms with Gasteiger partial charge in [-0.2, -0.15) is 0 Å². The van der Waals surface area contributed by atoms with Crippen molar-refractivity contribution in [1.29, 1.82) is 0 Å². The molecule has 208 valence electrons. The normalized spacial score (nSPS) is 15.2. The molecule has 1 aliphatic carbocycles. The SMILES string of the molecule is COc1ccc(-c2ccc(C=Nc3sc4c(c3C(=O)NCc3ccco3)CC[C@H](C(C)(C)C)C4)o2)c([N+](=O)[O-])c1. The van der Waals surface area contributed by atoms with Crippen LogP contribution >= 0.6 is 11.3 Å². The van der Waals surface area contributed by atoms with Gasteiger partial charge in [-0.15, -0.1) is 11.3 Å². The molecule has 9 nitrogen and oxygen atoms in total. The molecule has 1 aliphatic rings. The van der Waals surface area contributed by atoms with Crippen LogP contribution in [0.4, 0.5) is 10.7 Å². The van der Waals surface area contributed by atoms with Gasteiger partial charge >= 0.3 is 0 Å². The topological polar surface area (TPSA) is 120 Å². The number of thiophene rings is 1. The first-order valence-electron chi connectivity index (χ1n) is 13.1. The van der Waals surface area contributed by atoms with Crippen molar-refractivity contribution in [3.8, 4) is 17.1 Å². The number of furan rings is 2. The van der Waals surface area contributed by atoms with Crippen LogP contribution in [0.5, 0.6) is 5.75 Å².